The lowest BCUT2D eigenvalue weighted by Crippen LogP contribution is -2.41. The molecule has 0 unspecified atom stereocenters. The summed E-state index contributed by atoms with van der Waals surface area (Å²) < 4.78 is 0. The molecular weight excluding hydrogens is 290 g/mol. The highest BCUT2D eigenvalue weighted by molar-refractivity contribution is 6.42. The van der Waals surface area contributed by atoms with E-state index >= 15 is 0 Å². The van der Waals surface area contributed by atoms with Gasteiger partial charge in [-0.3, -0.25) is 14.6 Å². The number of hydrogen-bond donors (Lipinski definition) is 1. The van der Waals surface area contributed by atoms with E-state index in [0.29, 0.717) is 16.1 Å². The quantitative estimate of drug-likeness (QED) is 0.919. The molecule has 1 N–H and O–H groups in total. The standard InChI is InChI=1S/C15H9ClN3O2/c16-11-3-1-9(2-4-11)12-13(10-5-7-17-8-6-10)15(21)19-18-14(12)20/h1-8H,(H,19,21). The largest absolute Gasteiger partial charge is 0.295 e. The fourth-order valence-electron chi connectivity index (χ4n) is 2.11. The Balaban J connectivity index is 2.24. The molecule has 6 heteroatoms. The molecule has 0 spiro atoms. The minimum Gasteiger partial charge on any atom is -0.267 e. The predicted molar refractivity (Wildman–Crippen MR) is 77.8 cm³/mol. The highest BCUT2D eigenvalue weighted by Gasteiger charge is 2.29. The Morgan fingerprint density at radius 1 is 0.857 bits per heavy atom. The molecule has 1 aliphatic rings. The number of halogens is 1. The summed E-state index contributed by atoms with van der Waals surface area (Å²) in [6.45, 7) is 0. The van der Waals surface area contributed by atoms with Crippen LogP contribution in [0.15, 0.2) is 48.8 Å². The number of nitrogens with one attached hydrogen (secondary N) is 1. The van der Waals surface area contributed by atoms with Crippen molar-refractivity contribution in [2.45, 2.75) is 0 Å². The summed E-state index contributed by atoms with van der Waals surface area (Å²) in [4.78, 5) is 28.2. The van der Waals surface area contributed by atoms with Gasteiger partial charge in [0.2, 0.25) is 0 Å². The first-order chi connectivity index (χ1) is 10.2. The molecule has 2 amide bonds. The number of amides is 2. The van der Waals surface area contributed by atoms with Crippen LogP contribution in [0.3, 0.4) is 0 Å². The summed E-state index contributed by atoms with van der Waals surface area (Å²) >= 11 is 5.86. The number of benzene rings is 1. The first kappa shape index (κ1) is 13.3. The van der Waals surface area contributed by atoms with Crippen LogP contribution in [0.25, 0.3) is 11.1 Å². The lowest BCUT2D eigenvalue weighted by atomic mass is 9.93. The number of aromatic nitrogens is 1. The molecule has 1 aromatic heterocycles. The molecule has 0 saturated carbocycles. The van der Waals surface area contributed by atoms with E-state index in [0.717, 1.165) is 0 Å². The van der Waals surface area contributed by atoms with Gasteiger partial charge in [0, 0.05) is 17.4 Å². The summed E-state index contributed by atoms with van der Waals surface area (Å²) in [5.74, 6) is -0.922. The van der Waals surface area contributed by atoms with Gasteiger partial charge in [-0.2, -0.15) is 0 Å². The van der Waals surface area contributed by atoms with Gasteiger partial charge in [0.05, 0.1) is 11.1 Å². The molecule has 2 heterocycles. The average molecular weight is 299 g/mol. The van der Waals surface area contributed by atoms with Crippen LogP contribution < -0.4 is 10.9 Å². The molecule has 3 rings (SSSR count). The van der Waals surface area contributed by atoms with Crippen LogP contribution >= 0.6 is 11.6 Å². The second-order valence-electron chi connectivity index (χ2n) is 4.35. The lowest BCUT2D eigenvalue weighted by Gasteiger charge is -2.19. The predicted octanol–water partition coefficient (Wildman–Crippen LogP) is 1.82. The van der Waals surface area contributed by atoms with E-state index in [1.165, 1.54) is 0 Å². The summed E-state index contributed by atoms with van der Waals surface area (Å²) in [5.41, 5.74) is 7.47. The topological polar surface area (TPSA) is 73.2 Å². The molecular formula is C15H9ClN3O2. The molecule has 0 saturated heterocycles. The Kier molecular flexibility index (Phi) is 3.41. The van der Waals surface area contributed by atoms with Gasteiger partial charge >= 0.3 is 0 Å². The molecule has 103 valence electrons. The van der Waals surface area contributed by atoms with E-state index in [9.17, 15) is 9.59 Å². The van der Waals surface area contributed by atoms with Crippen molar-refractivity contribution in [3.05, 3.63) is 64.9 Å². The fourth-order valence-corrected chi connectivity index (χ4v) is 2.24. The van der Waals surface area contributed by atoms with E-state index < -0.39 is 11.8 Å². The van der Waals surface area contributed by atoms with Crippen LogP contribution in [0.5, 0.6) is 0 Å². The average Bonchev–Trinajstić information content (AvgIpc) is 2.51. The molecule has 0 bridgehead atoms. The molecule has 1 radical (unpaired) electrons. The van der Waals surface area contributed by atoms with Crippen LogP contribution in [0.4, 0.5) is 0 Å². The first-order valence-corrected chi connectivity index (χ1v) is 6.50. The van der Waals surface area contributed by atoms with E-state index in [4.69, 9.17) is 11.6 Å². The van der Waals surface area contributed by atoms with Crippen molar-refractivity contribution < 1.29 is 9.59 Å². The highest BCUT2D eigenvalue weighted by atomic mass is 35.5. The summed E-state index contributed by atoms with van der Waals surface area (Å²) in [6, 6.07) is 10.0. The molecule has 21 heavy (non-hydrogen) atoms. The molecule has 5 nitrogen and oxygen atoms in total. The summed E-state index contributed by atoms with van der Waals surface area (Å²) in [5, 5.41) is 0.550. The lowest BCUT2D eigenvalue weighted by molar-refractivity contribution is -0.124. The van der Waals surface area contributed by atoms with Gasteiger partial charge in [0.15, 0.2) is 0 Å². The maximum absolute atomic E-state index is 12.1. The third-order valence-electron chi connectivity index (χ3n) is 3.05. The van der Waals surface area contributed by atoms with Crippen LogP contribution in [0.2, 0.25) is 5.02 Å². The van der Waals surface area contributed by atoms with E-state index in [2.05, 4.69) is 15.8 Å². The van der Waals surface area contributed by atoms with Crippen molar-refractivity contribution >= 4 is 34.6 Å². The highest BCUT2D eigenvalue weighted by Crippen LogP contribution is 2.29. The number of nitrogens with zero attached hydrogens (tertiary/aromatic N) is 2. The monoisotopic (exact) mass is 298 g/mol. The van der Waals surface area contributed by atoms with Crippen molar-refractivity contribution in [3.8, 4) is 0 Å². The number of carbonyl (C=O) groups excluding carboxylic acids is 2. The maximum atomic E-state index is 12.1. The van der Waals surface area contributed by atoms with Gasteiger partial charge in [-0.1, -0.05) is 23.7 Å². The zero-order valence-corrected chi connectivity index (χ0v) is 11.5. The first-order valence-electron chi connectivity index (χ1n) is 6.13. The Morgan fingerprint density at radius 2 is 1.48 bits per heavy atom. The van der Waals surface area contributed by atoms with Gasteiger partial charge in [0.25, 0.3) is 11.8 Å². The molecule has 0 atom stereocenters. The molecule has 1 aliphatic heterocycles. The zero-order valence-electron chi connectivity index (χ0n) is 10.7. The van der Waals surface area contributed by atoms with Crippen molar-refractivity contribution in [1.29, 1.82) is 0 Å². The zero-order chi connectivity index (χ0) is 14.8. The van der Waals surface area contributed by atoms with Crippen LogP contribution in [0.1, 0.15) is 11.1 Å². The van der Waals surface area contributed by atoms with Crippen molar-refractivity contribution in [2.75, 3.05) is 0 Å². The fraction of sp³-hybridized carbons (Fsp3) is 0. The number of hydrogen-bond acceptors (Lipinski definition) is 3. The number of carbonyl (C=O) groups is 2. The van der Waals surface area contributed by atoms with Crippen LogP contribution in [0, 0.1) is 0 Å². The molecule has 2 aromatic rings. The van der Waals surface area contributed by atoms with Crippen LogP contribution in [-0.4, -0.2) is 16.8 Å². The van der Waals surface area contributed by atoms with Crippen LogP contribution in [-0.2, 0) is 9.59 Å². The minimum atomic E-state index is -0.497. The van der Waals surface area contributed by atoms with E-state index in [-0.39, 0.29) is 11.1 Å². The second-order valence-corrected chi connectivity index (χ2v) is 4.79. The number of pyridine rings is 1. The SMILES string of the molecule is O=C1[N]NC(=O)C(c2ccncc2)=C1c1ccc(Cl)cc1. The summed E-state index contributed by atoms with van der Waals surface area (Å²) in [7, 11) is 0. The Labute approximate surface area is 125 Å². The normalized spacial score (nSPS) is 14.7. The van der Waals surface area contributed by atoms with Gasteiger partial charge in [0.1, 0.15) is 0 Å². The molecule has 0 fully saturated rings. The van der Waals surface area contributed by atoms with Crippen molar-refractivity contribution in [1.82, 2.24) is 15.8 Å². The van der Waals surface area contributed by atoms with Crippen molar-refractivity contribution in [2.24, 2.45) is 0 Å². The second kappa shape index (κ2) is 5.38. The van der Waals surface area contributed by atoms with Crippen molar-refractivity contribution in [3.63, 3.8) is 0 Å². The van der Waals surface area contributed by atoms with E-state index in [1.807, 2.05) is 0 Å². The Hall–Kier alpha value is -2.66. The van der Waals surface area contributed by atoms with Gasteiger partial charge in [-0.05, 0) is 35.4 Å². The summed E-state index contributed by atoms with van der Waals surface area (Å²) in [6.07, 6.45) is 3.12. The van der Waals surface area contributed by atoms with E-state index in [1.54, 1.807) is 48.8 Å². The smallest absolute Gasteiger partial charge is 0.267 e. The Morgan fingerprint density at radius 3 is 2.14 bits per heavy atom. The molecule has 1 aromatic carbocycles. The Bertz CT molecular complexity index is 739. The minimum absolute atomic E-state index is 0.251. The third-order valence-corrected chi connectivity index (χ3v) is 3.30. The number of rotatable bonds is 2. The third kappa shape index (κ3) is 2.51. The molecule has 0 aliphatic carbocycles. The van der Waals surface area contributed by atoms with Gasteiger partial charge in [-0.25, -0.2) is 5.43 Å². The van der Waals surface area contributed by atoms with Gasteiger partial charge < -0.3 is 0 Å². The maximum Gasteiger partial charge on any atom is 0.295 e. The van der Waals surface area contributed by atoms with Gasteiger partial charge in [-0.15, -0.1) is 5.43 Å².